The molecule has 0 aliphatic heterocycles. The first-order chi connectivity index (χ1) is 9.33. The predicted octanol–water partition coefficient (Wildman–Crippen LogP) is 2.30. The third kappa shape index (κ3) is 2.58. The first-order valence-electron chi connectivity index (χ1n) is 6.11. The summed E-state index contributed by atoms with van der Waals surface area (Å²) in [4.78, 5) is 12.7. The van der Waals surface area contributed by atoms with Gasteiger partial charge in [0.1, 0.15) is 6.10 Å². The lowest BCUT2D eigenvalue weighted by molar-refractivity contribution is 0.173. The zero-order valence-corrected chi connectivity index (χ0v) is 10.3. The summed E-state index contributed by atoms with van der Waals surface area (Å²) in [6.45, 7) is 0. The third-order valence-corrected chi connectivity index (χ3v) is 2.99. The third-order valence-electron chi connectivity index (χ3n) is 2.99. The van der Waals surface area contributed by atoms with E-state index in [1.54, 1.807) is 18.6 Å². The Bertz CT molecular complexity index is 685. The van der Waals surface area contributed by atoms with Gasteiger partial charge in [0.25, 0.3) is 0 Å². The minimum atomic E-state index is -0.653. The number of aliphatic hydroxyl groups is 1. The van der Waals surface area contributed by atoms with Gasteiger partial charge in [0.2, 0.25) is 0 Å². The molecule has 0 spiro atoms. The Morgan fingerprint density at radius 2 is 1.74 bits per heavy atom. The molecule has 0 radical (unpaired) electrons. The van der Waals surface area contributed by atoms with Crippen LogP contribution in [0.5, 0.6) is 0 Å². The molecule has 94 valence electrons. The van der Waals surface area contributed by atoms with E-state index in [4.69, 9.17) is 0 Å². The Morgan fingerprint density at radius 1 is 1.00 bits per heavy atom. The van der Waals surface area contributed by atoms with Crippen molar-refractivity contribution in [1.29, 1.82) is 0 Å². The lowest BCUT2D eigenvalue weighted by Crippen LogP contribution is -2.05. The second-order valence-electron chi connectivity index (χ2n) is 4.36. The van der Waals surface area contributed by atoms with Gasteiger partial charge in [-0.05, 0) is 29.8 Å². The molecule has 3 rings (SSSR count). The van der Waals surface area contributed by atoms with Crippen LogP contribution < -0.4 is 0 Å². The van der Waals surface area contributed by atoms with Crippen molar-refractivity contribution >= 4 is 11.0 Å². The number of hydrogen-bond acceptors (Lipinski definition) is 4. The molecule has 19 heavy (non-hydrogen) atoms. The summed E-state index contributed by atoms with van der Waals surface area (Å²) in [7, 11) is 0. The van der Waals surface area contributed by atoms with Gasteiger partial charge < -0.3 is 5.11 Å². The first-order valence-corrected chi connectivity index (χ1v) is 6.11. The van der Waals surface area contributed by atoms with Gasteiger partial charge in [-0.3, -0.25) is 9.97 Å². The van der Waals surface area contributed by atoms with E-state index in [-0.39, 0.29) is 0 Å². The van der Waals surface area contributed by atoms with Crippen molar-refractivity contribution in [3.05, 3.63) is 66.2 Å². The van der Waals surface area contributed by atoms with E-state index in [0.29, 0.717) is 12.1 Å². The molecule has 0 bridgehead atoms. The number of fused-ring (bicyclic) bond motifs is 1. The molecule has 0 fully saturated rings. The average molecular weight is 251 g/mol. The van der Waals surface area contributed by atoms with Gasteiger partial charge in [-0.2, -0.15) is 0 Å². The number of nitrogens with zero attached hydrogens (tertiary/aromatic N) is 3. The Hall–Kier alpha value is -2.33. The van der Waals surface area contributed by atoms with Crippen molar-refractivity contribution in [2.75, 3.05) is 0 Å². The molecule has 1 unspecified atom stereocenters. The molecule has 0 aliphatic rings. The highest BCUT2D eigenvalue weighted by atomic mass is 16.3. The second-order valence-corrected chi connectivity index (χ2v) is 4.36. The molecular formula is C15H13N3O. The molecule has 4 nitrogen and oxygen atoms in total. The maximum Gasteiger partial charge on any atom is 0.102 e. The van der Waals surface area contributed by atoms with E-state index in [0.717, 1.165) is 16.6 Å². The molecule has 2 heterocycles. The zero-order chi connectivity index (χ0) is 13.1. The van der Waals surface area contributed by atoms with Gasteiger partial charge in [-0.15, -0.1) is 0 Å². The van der Waals surface area contributed by atoms with E-state index in [9.17, 15) is 5.11 Å². The molecule has 3 aromatic rings. The monoisotopic (exact) mass is 251 g/mol. The van der Waals surface area contributed by atoms with Crippen molar-refractivity contribution in [2.45, 2.75) is 12.5 Å². The van der Waals surface area contributed by atoms with Crippen molar-refractivity contribution in [2.24, 2.45) is 0 Å². The molecule has 1 atom stereocenters. The number of para-hydroxylation sites is 2. The Balaban J connectivity index is 1.87. The standard InChI is InChI=1S/C15H13N3O/c19-15(9-11-5-7-16-8-6-11)14-10-17-12-3-1-2-4-13(12)18-14/h1-8,10,15,19H,9H2. The fourth-order valence-corrected chi connectivity index (χ4v) is 1.98. The lowest BCUT2D eigenvalue weighted by Gasteiger charge is -2.10. The minimum absolute atomic E-state index is 0.509. The minimum Gasteiger partial charge on any atom is -0.386 e. The van der Waals surface area contributed by atoms with Crippen LogP contribution in [0.2, 0.25) is 0 Å². The summed E-state index contributed by atoms with van der Waals surface area (Å²) in [5.41, 5.74) is 3.25. The SMILES string of the molecule is OC(Cc1ccncc1)c1cnc2ccccc2n1. The first kappa shape index (κ1) is 11.7. The quantitative estimate of drug-likeness (QED) is 0.776. The number of rotatable bonds is 3. The lowest BCUT2D eigenvalue weighted by atomic mass is 10.1. The Kier molecular flexibility index (Phi) is 3.16. The summed E-state index contributed by atoms with van der Waals surface area (Å²) in [6, 6.07) is 11.4. The van der Waals surface area contributed by atoms with Gasteiger partial charge in [0.15, 0.2) is 0 Å². The zero-order valence-electron chi connectivity index (χ0n) is 10.3. The summed E-state index contributed by atoms with van der Waals surface area (Å²) in [5, 5.41) is 10.2. The van der Waals surface area contributed by atoms with Gasteiger partial charge in [0.05, 0.1) is 22.9 Å². The maximum atomic E-state index is 10.2. The largest absolute Gasteiger partial charge is 0.386 e. The van der Waals surface area contributed by atoms with Gasteiger partial charge >= 0.3 is 0 Å². The molecular weight excluding hydrogens is 238 g/mol. The topological polar surface area (TPSA) is 58.9 Å². The van der Waals surface area contributed by atoms with Crippen LogP contribution >= 0.6 is 0 Å². The highest BCUT2D eigenvalue weighted by molar-refractivity contribution is 5.73. The van der Waals surface area contributed by atoms with Crippen LogP contribution in [0, 0.1) is 0 Å². The van der Waals surface area contributed by atoms with Crippen molar-refractivity contribution in [3.8, 4) is 0 Å². The van der Waals surface area contributed by atoms with E-state index in [2.05, 4.69) is 15.0 Å². The molecule has 4 heteroatoms. The summed E-state index contributed by atoms with van der Waals surface area (Å²) < 4.78 is 0. The van der Waals surface area contributed by atoms with Gasteiger partial charge in [0, 0.05) is 18.8 Å². The summed E-state index contributed by atoms with van der Waals surface area (Å²) in [6.07, 6.45) is 4.92. The summed E-state index contributed by atoms with van der Waals surface area (Å²) >= 11 is 0. The average Bonchev–Trinajstić information content (AvgIpc) is 2.48. The fourth-order valence-electron chi connectivity index (χ4n) is 1.98. The van der Waals surface area contributed by atoms with E-state index in [1.165, 1.54) is 0 Å². The fraction of sp³-hybridized carbons (Fsp3) is 0.133. The molecule has 2 aromatic heterocycles. The van der Waals surface area contributed by atoms with Crippen LogP contribution in [0.15, 0.2) is 55.0 Å². The number of aliphatic hydroxyl groups excluding tert-OH is 1. The van der Waals surface area contributed by atoms with Gasteiger partial charge in [-0.1, -0.05) is 12.1 Å². The van der Waals surface area contributed by atoms with E-state index >= 15 is 0 Å². The highest BCUT2D eigenvalue weighted by Gasteiger charge is 2.11. The second kappa shape index (κ2) is 5.12. The van der Waals surface area contributed by atoms with Crippen molar-refractivity contribution in [3.63, 3.8) is 0 Å². The molecule has 0 saturated carbocycles. The van der Waals surface area contributed by atoms with Crippen LogP contribution in [-0.2, 0) is 6.42 Å². The van der Waals surface area contributed by atoms with E-state index in [1.807, 2.05) is 36.4 Å². The van der Waals surface area contributed by atoms with Gasteiger partial charge in [-0.25, -0.2) is 4.98 Å². The molecule has 0 saturated heterocycles. The number of aromatic nitrogens is 3. The Morgan fingerprint density at radius 3 is 2.53 bits per heavy atom. The molecule has 1 N–H and O–H groups in total. The molecule has 0 aliphatic carbocycles. The van der Waals surface area contributed by atoms with Crippen molar-refractivity contribution in [1.82, 2.24) is 15.0 Å². The Labute approximate surface area is 110 Å². The van der Waals surface area contributed by atoms with Crippen LogP contribution in [0.25, 0.3) is 11.0 Å². The normalized spacial score (nSPS) is 12.5. The number of pyridine rings is 1. The summed E-state index contributed by atoms with van der Waals surface area (Å²) in [5.74, 6) is 0. The maximum absolute atomic E-state index is 10.2. The smallest absolute Gasteiger partial charge is 0.102 e. The number of benzene rings is 1. The van der Waals surface area contributed by atoms with Crippen LogP contribution in [0.1, 0.15) is 17.4 Å². The molecule has 0 amide bonds. The number of hydrogen-bond donors (Lipinski definition) is 1. The van der Waals surface area contributed by atoms with Crippen LogP contribution in [0.3, 0.4) is 0 Å². The van der Waals surface area contributed by atoms with Crippen LogP contribution in [-0.4, -0.2) is 20.1 Å². The highest BCUT2D eigenvalue weighted by Crippen LogP contribution is 2.17. The van der Waals surface area contributed by atoms with Crippen LogP contribution in [0.4, 0.5) is 0 Å². The predicted molar refractivity (Wildman–Crippen MR) is 72.4 cm³/mol. The van der Waals surface area contributed by atoms with E-state index < -0.39 is 6.10 Å². The molecule has 1 aromatic carbocycles. The van der Waals surface area contributed by atoms with Crippen molar-refractivity contribution < 1.29 is 5.11 Å².